The first-order valence-electron chi connectivity index (χ1n) is 19.0. The summed E-state index contributed by atoms with van der Waals surface area (Å²) in [6.45, 7) is 13.9. The highest BCUT2D eigenvalue weighted by Gasteiger charge is 2.44. The number of halogens is 4. The molecule has 7 rings (SSSR count). The van der Waals surface area contributed by atoms with Gasteiger partial charge >= 0.3 is 0 Å². The van der Waals surface area contributed by atoms with E-state index in [9.17, 15) is 0 Å². The van der Waals surface area contributed by atoms with Crippen molar-refractivity contribution in [3.05, 3.63) is 50.4 Å². The normalized spacial score (nSPS) is 16.7. The molecule has 0 saturated heterocycles. The third kappa shape index (κ3) is 8.24. The Balaban J connectivity index is 1.35. The van der Waals surface area contributed by atoms with Crippen molar-refractivity contribution in [2.75, 3.05) is 0 Å². The van der Waals surface area contributed by atoms with Gasteiger partial charge in [-0.25, -0.2) is 8.78 Å². The number of nitrogens with zero attached hydrogens (tertiary/aromatic N) is 4. The summed E-state index contributed by atoms with van der Waals surface area (Å²) in [4.78, 5) is 3.96. The van der Waals surface area contributed by atoms with Gasteiger partial charge in [0, 0.05) is 26.4 Å². The van der Waals surface area contributed by atoms with E-state index in [1.54, 1.807) is 34.8 Å². The van der Waals surface area contributed by atoms with Crippen LogP contribution in [0.3, 0.4) is 0 Å². The monoisotopic (exact) mass is 934 g/mol. The molecule has 0 aliphatic carbocycles. The molecule has 0 fully saturated rings. The van der Waals surface area contributed by atoms with Crippen LogP contribution in [-0.2, 0) is 5.60 Å². The molecule has 0 radical (unpaired) electrons. The molecule has 0 amide bonds. The van der Waals surface area contributed by atoms with Crippen LogP contribution in [0.15, 0.2) is 33.2 Å². The number of benzene rings is 2. The Morgan fingerprint density at radius 2 is 1.07 bits per heavy atom. The van der Waals surface area contributed by atoms with Gasteiger partial charge in [-0.05, 0) is 105 Å². The Labute approximate surface area is 350 Å². The minimum absolute atomic E-state index is 0.325. The predicted molar refractivity (Wildman–Crippen MR) is 232 cm³/mol. The molecule has 2 unspecified atom stereocenters. The van der Waals surface area contributed by atoms with Crippen molar-refractivity contribution in [2.24, 2.45) is 23.7 Å². The molecular weight excluding hydrogens is 891 g/mol. The summed E-state index contributed by atoms with van der Waals surface area (Å²) in [7, 11) is 0. The highest BCUT2D eigenvalue weighted by Crippen LogP contribution is 2.59. The second kappa shape index (κ2) is 16.9. The van der Waals surface area contributed by atoms with Gasteiger partial charge < -0.3 is 4.74 Å². The van der Waals surface area contributed by atoms with Crippen LogP contribution < -0.4 is 4.74 Å². The average molecular weight is 937 g/mol. The molecule has 54 heavy (non-hydrogen) atoms. The Morgan fingerprint density at radius 1 is 0.611 bits per heavy atom. The summed E-state index contributed by atoms with van der Waals surface area (Å²) >= 11 is 12.2. The molecule has 1 aliphatic heterocycles. The van der Waals surface area contributed by atoms with Crippen LogP contribution in [0, 0.1) is 35.3 Å². The third-order valence-electron chi connectivity index (χ3n) is 10.9. The smallest absolute Gasteiger partial charge is 0.140 e. The highest BCUT2D eigenvalue weighted by molar-refractivity contribution is 9.11. The largest absolute Gasteiger partial charge is 0.481 e. The first kappa shape index (κ1) is 40.3. The van der Waals surface area contributed by atoms with Gasteiger partial charge in [-0.1, -0.05) is 80.1 Å². The first-order chi connectivity index (χ1) is 25.8. The van der Waals surface area contributed by atoms with Crippen molar-refractivity contribution >= 4 is 100 Å². The zero-order chi connectivity index (χ0) is 38.3. The summed E-state index contributed by atoms with van der Waals surface area (Å²) in [6.07, 6.45) is 11.1. The van der Waals surface area contributed by atoms with E-state index in [4.69, 9.17) is 4.74 Å². The van der Waals surface area contributed by atoms with Crippen LogP contribution in [0.1, 0.15) is 111 Å². The van der Waals surface area contributed by atoms with Gasteiger partial charge in [0.05, 0.1) is 42.2 Å². The van der Waals surface area contributed by atoms with Crippen LogP contribution in [0.25, 0.3) is 52.7 Å². The Kier molecular flexibility index (Phi) is 12.6. The average Bonchev–Trinajstić information content (AvgIpc) is 3.95. The number of hydrogen-bond acceptors (Lipinski definition) is 9. The molecule has 2 atom stereocenters. The van der Waals surface area contributed by atoms with Gasteiger partial charge in [-0.15, -0.1) is 22.7 Å². The molecule has 5 nitrogen and oxygen atoms in total. The zero-order valence-corrected chi connectivity index (χ0v) is 38.0. The van der Waals surface area contributed by atoms with Crippen molar-refractivity contribution in [3.8, 4) is 36.4 Å². The van der Waals surface area contributed by atoms with E-state index in [0.29, 0.717) is 60.2 Å². The van der Waals surface area contributed by atoms with Crippen LogP contribution in [-0.4, -0.2) is 17.5 Å². The molecule has 0 bridgehead atoms. The Hall–Kier alpha value is -1.90. The standard InChI is InChI=1S/C41H46Br2F2N4OS4/c1-21(2)9-7-11-23(5)13-15-41(16-14-24(6)12-8-10-22(3)4)27-19-31(25-17-28(44)33(42)37-35(25)46-53-48-37)51-39(27)40-30(50-41)20-32(52-40)26-18-29(45)34(43)38-36(26)47-54-49-38/h17-24H,7-16H2,1-6H3. The summed E-state index contributed by atoms with van der Waals surface area (Å²) in [5.41, 5.74) is 4.43. The fraction of sp³-hybridized carbons (Fsp3) is 0.512. The number of ether oxygens (including phenoxy) is 1. The zero-order valence-electron chi connectivity index (χ0n) is 31.5. The van der Waals surface area contributed by atoms with E-state index in [2.05, 4.69) is 103 Å². The molecule has 288 valence electrons. The van der Waals surface area contributed by atoms with Gasteiger partial charge in [-0.3, -0.25) is 0 Å². The topological polar surface area (TPSA) is 60.8 Å². The first-order valence-corrected chi connectivity index (χ1v) is 23.7. The maximum absolute atomic E-state index is 15.5. The maximum atomic E-state index is 15.5. The summed E-state index contributed by atoms with van der Waals surface area (Å²) < 4.78 is 56.9. The number of hydrogen-bond donors (Lipinski definition) is 0. The lowest BCUT2D eigenvalue weighted by molar-refractivity contribution is 0.0324. The number of thiophene rings is 2. The van der Waals surface area contributed by atoms with Gasteiger partial charge in [0.2, 0.25) is 0 Å². The van der Waals surface area contributed by atoms with Crippen molar-refractivity contribution in [2.45, 2.75) is 111 Å². The summed E-state index contributed by atoms with van der Waals surface area (Å²) in [6, 6.07) is 7.46. The van der Waals surface area contributed by atoms with Gasteiger partial charge in [0.15, 0.2) is 0 Å². The van der Waals surface area contributed by atoms with Crippen molar-refractivity contribution in [3.63, 3.8) is 0 Å². The molecule has 0 N–H and O–H groups in total. The fourth-order valence-electron chi connectivity index (χ4n) is 7.67. The van der Waals surface area contributed by atoms with Gasteiger partial charge in [0.25, 0.3) is 0 Å². The van der Waals surface area contributed by atoms with Crippen LogP contribution >= 0.6 is 78.0 Å². The minimum Gasteiger partial charge on any atom is -0.481 e. The number of fused-ring (bicyclic) bond motifs is 5. The van der Waals surface area contributed by atoms with E-state index in [0.717, 1.165) is 85.5 Å². The van der Waals surface area contributed by atoms with E-state index in [1.807, 2.05) is 0 Å². The second-order valence-electron chi connectivity index (χ2n) is 16.1. The van der Waals surface area contributed by atoms with Gasteiger partial charge in [0.1, 0.15) is 45.1 Å². The third-order valence-corrected chi connectivity index (χ3v) is 15.9. The van der Waals surface area contributed by atoms with Gasteiger partial charge in [-0.2, -0.15) is 17.5 Å². The summed E-state index contributed by atoms with van der Waals surface area (Å²) in [5, 5.41) is 0. The molecule has 6 aromatic rings. The molecular formula is C41H46Br2F2N4OS4. The maximum Gasteiger partial charge on any atom is 0.140 e. The van der Waals surface area contributed by atoms with Crippen molar-refractivity contribution in [1.82, 2.24) is 17.5 Å². The lowest BCUT2D eigenvalue weighted by atomic mass is 9.78. The van der Waals surface area contributed by atoms with E-state index in [1.165, 1.54) is 38.5 Å². The highest BCUT2D eigenvalue weighted by atomic mass is 79.9. The SMILES string of the molecule is CC(C)CCCC(C)CCC1(CCC(C)CCCC(C)C)Oc2cc(-c3cc(F)c(Br)c4nsnc34)sc2-c2sc(-c3cc(F)c(Br)c4nsnc34)cc21. The summed E-state index contributed by atoms with van der Waals surface area (Å²) in [5.74, 6) is 2.58. The van der Waals surface area contributed by atoms with Crippen molar-refractivity contribution in [1.29, 1.82) is 0 Å². The molecule has 13 heteroatoms. The Morgan fingerprint density at radius 3 is 1.57 bits per heavy atom. The molecule has 0 spiro atoms. The number of rotatable bonds is 16. The lowest BCUT2D eigenvalue weighted by Gasteiger charge is -2.39. The molecule has 2 aromatic carbocycles. The number of aromatic nitrogens is 4. The quantitative estimate of drug-likeness (QED) is 0.0968. The van der Waals surface area contributed by atoms with E-state index >= 15 is 8.78 Å². The fourth-order valence-corrected chi connectivity index (χ4v) is 12.3. The second-order valence-corrected chi connectivity index (χ2v) is 20.8. The molecule has 1 aliphatic rings. The van der Waals surface area contributed by atoms with E-state index in [-0.39, 0.29) is 11.6 Å². The molecule has 5 heterocycles. The minimum atomic E-state index is -0.579. The molecule has 4 aromatic heterocycles. The predicted octanol–water partition coefficient (Wildman–Crippen LogP) is 15.7. The lowest BCUT2D eigenvalue weighted by Crippen LogP contribution is -2.36. The van der Waals surface area contributed by atoms with Crippen LogP contribution in [0.4, 0.5) is 8.78 Å². The van der Waals surface area contributed by atoms with Crippen LogP contribution in [0.2, 0.25) is 0 Å². The molecule has 0 saturated carbocycles. The van der Waals surface area contributed by atoms with Crippen molar-refractivity contribution < 1.29 is 13.5 Å². The van der Waals surface area contributed by atoms with Crippen LogP contribution in [0.5, 0.6) is 5.75 Å². The Bertz CT molecular complexity index is 2240. The van der Waals surface area contributed by atoms with E-state index < -0.39 is 5.60 Å².